The summed E-state index contributed by atoms with van der Waals surface area (Å²) < 4.78 is 0. The number of rotatable bonds is 1. The Bertz CT molecular complexity index is 383. The molecule has 12 heavy (non-hydrogen) atoms. The van der Waals surface area contributed by atoms with Crippen LogP contribution < -0.4 is 0 Å². The van der Waals surface area contributed by atoms with Crippen molar-refractivity contribution in [2.45, 2.75) is 13.3 Å². The Morgan fingerprint density at radius 1 is 1.25 bits per heavy atom. The molecule has 0 N–H and O–H groups in total. The van der Waals surface area contributed by atoms with E-state index in [2.05, 4.69) is 43.3 Å². The molecule has 0 bridgehead atoms. The molecule has 2 rings (SSSR count). The lowest BCUT2D eigenvalue weighted by Crippen LogP contribution is -1.80. The summed E-state index contributed by atoms with van der Waals surface area (Å²) in [5, 5.41) is 2.47. The van der Waals surface area contributed by atoms with Crippen LogP contribution in [0.25, 0.3) is 10.8 Å². The quantitative estimate of drug-likeness (QED) is 0.592. The van der Waals surface area contributed by atoms with E-state index in [1.54, 1.807) is 0 Å². The van der Waals surface area contributed by atoms with Gasteiger partial charge in [-0.1, -0.05) is 37.3 Å². The van der Waals surface area contributed by atoms with Gasteiger partial charge in [-0.05, 0) is 29.5 Å². The molecule has 0 saturated carbocycles. The van der Waals surface area contributed by atoms with Crippen molar-refractivity contribution in [3.63, 3.8) is 0 Å². The second-order valence-electron chi connectivity index (χ2n) is 2.84. The summed E-state index contributed by atoms with van der Waals surface area (Å²) in [4.78, 5) is 0. The SMILES string of the molecule is CCc1cccc2ccc#cc12. The molecule has 0 atom stereocenters. The lowest BCUT2D eigenvalue weighted by molar-refractivity contribution is 1.16. The van der Waals surface area contributed by atoms with E-state index in [4.69, 9.17) is 0 Å². The van der Waals surface area contributed by atoms with E-state index < -0.39 is 0 Å². The molecule has 0 aliphatic carbocycles. The fourth-order valence-corrected chi connectivity index (χ4v) is 1.45. The van der Waals surface area contributed by atoms with Gasteiger partial charge in [0.1, 0.15) is 0 Å². The topological polar surface area (TPSA) is 0 Å². The van der Waals surface area contributed by atoms with Crippen molar-refractivity contribution >= 4 is 10.8 Å². The number of hydrogen-bond acceptors (Lipinski definition) is 0. The lowest BCUT2D eigenvalue weighted by atomic mass is 10.0. The average Bonchev–Trinajstić information content (AvgIpc) is 2.17. The fraction of sp³-hybridized carbons (Fsp3) is 0.167. The van der Waals surface area contributed by atoms with E-state index in [1.807, 2.05) is 6.07 Å². The molecular weight excluding hydrogens is 144 g/mol. The Morgan fingerprint density at radius 2 is 2.17 bits per heavy atom. The van der Waals surface area contributed by atoms with Gasteiger partial charge in [0, 0.05) is 5.39 Å². The van der Waals surface area contributed by atoms with Gasteiger partial charge in [-0.2, -0.15) is 0 Å². The highest BCUT2D eigenvalue weighted by atomic mass is 14.0. The Kier molecular flexibility index (Phi) is 1.72. The van der Waals surface area contributed by atoms with E-state index in [9.17, 15) is 0 Å². The molecule has 58 valence electrons. The van der Waals surface area contributed by atoms with Crippen LogP contribution in [0.15, 0.2) is 30.3 Å². The van der Waals surface area contributed by atoms with E-state index in [0.717, 1.165) is 6.42 Å². The van der Waals surface area contributed by atoms with Crippen molar-refractivity contribution in [2.75, 3.05) is 0 Å². The Labute approximate surface area is 72.8 Å². The predicted molar refractivity (Wildman–Crippen MR) is 51.0 cm³/mol. The van der Waals surface area contributed by atoms with Gasteiger partial charge in [0.15, 0.2) is 0 Å². The highest BCUT2D eigenvalue weighted by molar-refractivity contribution is 5.83. The Morgan fingerprint density at radius 3 is 3.00 bits per heavy atom. The van der Waals surface area contributed by atoms with Gasteiger partial charge in [-0.3, -0.25) is 0 Å². The van der Waals surface area contributed by atoms with Crippen molar-refractivity contribution in [1.29, 1.82) is 0 Å². The molecule has 0 heterocycles. The third kappa shape index (κ3) is 1.04. The van der Waals surface area contributed by atoms with Crippen LogP contribution in [0.3, 0.4) is 0 Å². The van der Waals surface area contributed by atoms with E-state index in [1.165, 1.54) is 16.3 Å². The van der Waals surface area contributed by atoms with Crippen molar-refractivity contribution < 1.29 is 0 Å². The van der Waals surface area contributed by atoms with Crippen LogP contribution in [-0.2, 0) is 6.42 Å². The first-order valence-corrected chi connectivity index (χ1v) is 4.22. The number of fused-ring (bicyclic) bond motifs is 1. The first kappa shape index (κ1) is 7.18. The largest absolute Gasteiger partial charge is 0.0696 e. The van der Waals surface area contributed by atoms with Gasteiger partial charge in [-0.15, -0.1) is 0 Å². The summed E-state index contributed by atoms with van der Waals surface area (Å²) in [6, 6.07) is 16.5. The third-order valence-corrected chi connectivity index (χ3v) is 2.11. The maximum Gasteiger partial charge on any atom is 0.0353 e. The Balaban J connectivity index is 2.79. The lowest BCUT2D eigenvalue weighted by Gasteiger charge is -1.99. The first-order valence-electron chi connectivity index (χ1n) is 4.22. The van der Waals surface area contributed by atoms with Crippen LogP contribution >= 0.6 is 0 Å². The summed E-state index contributed by atoms with van der Waals surface area (Å²) in [6.45, 7) is 2.16. The summed E-state index contributed by atoms with van der Waals surface area (Å²) in [7, 11) is 0. The molecule has 0 spiro atoms. The summed E-state index contributed by atoms with van der Waals surface area (Å²) in [5.74, 6) is 0. The second-order valence-corrected chi connectivity index (χ2v) is 2.84. The normalized spacial score (nSPS) is 9.75. The zero-order valence-corrected chi connectivity index (χ0v) is 7.09. The molecule has 0 radical (unpaired) electrons. The summed E-state index contributed by atoms with van der Waals surface area (Å²) in [6.07, 6.45) is 1.06. The smallest absolute Gasteiger partial charge is 0.0353 e. The minimum Gasteiger partial charge on any atom is -0.0696 e. The highest BCUT2D eigenvalue weighted by Gasteiger charge is 1.95. The molecular formula is C12H10. The molecule has 0 nitrogen and oxygen atoms in total. The summed E-state index contributed by atoms with van der Waals surface area (Å²) in [5.41, 5.74) is 1.35. The minimum atomic E-state index is 1.06. The second kappa shape index (κ2) is 2.87. The predicted octanol–water partition coefficient (Wildman–Crippen LogP) is 3.00. The van der Waals surface area contributed by atoms with Crippen LogP contribution in [0.5, 0.6) is 0 Å². The van der Waals surface area contributed by atoms with E-state index in [0.29, 0.717) is 0 Å². The molecule has 2 aromatic carbocycles. The number of hydrogen-bond donors (Lipinski definition) is 0. The van der Waals surface area contributed by atoms with Gasteiger partial charge in [0.2, 0.25) is 0 Å². The highest BCUT2D eigenvalue weighted by Crippen LogP contribution is 2.15. The van der Waals surface area contributed by atoms with Crippen LogP contribution in [0.1, 0.15) is 12.5 Å². The zero-order valence-electron chi connectivity index (χ0n) is 7.09. The standard InChI is InChI=1S/C12H10/c1-2-10-7-5-8-11-6-3-4-9-12(10)11/h3,5-8H,2H2,1H3. The van der Waals surface area contributed by atoms with Gasteiger partial charge in [0.05, 0.1) is 0 Å². The molecule has 0 aromatic heterocycles. The first-order chi connectivity index (χ1) is 5.92. The van der Waals surface area contributed by atoms with Gasteiger partial charge in [-0.25, -0.2) is 0 Å². The molecule has 0 aliphatic heterocycles. The number of benzene rings is 1. The maximum atomic E-state index is 3.15. The van der Waals surface area contributed by atoms with Crippen molar-refractivity contribution in [3.05, 3.63) is 48.0 Å². The summed E-state index contributed by atoms with van der Waals surface area (Å²) >= 11 is 0. The van der Waals surface area contributed by atoms with Crippen molar-refractivity contribution in [3.8, 4) is 0 Å². The monoisotopic (exact) mass is 154 g/mol. The molecule has 0 amide bonds. The molecule has 0 saturated heterocycles. The molecule has 2 aromatic rings. The van der Waals surface area contributed by atoms with Crippen molar-refractivity contribution in [2.24, 2.45) is 0 Å². The third-order valence-electron chi connectivity index (χ3n) is 2.11. The van der Waals surface area contributed by atoms with Crippen LogP contribution in [-0.4, -0.2) is 0 Å². The van der Waals surface area contributed by atoms with Gasteiger partial charge >= 0.3 is 0 Å². The average molecular weight is 154 g/mol. The van der Waals surface area contributed by atoms with Crippen LogP contribution in [0.2, 0.25) is 0 Å². The van der Waals surface area contributed by atoms with Crippen molar-refractivity contribution in [1.82, 2.24) is 0 Å². The van der Waals surface area contributed by atoms with E-state index in [-0.39, 0.29) is 0 Å². The minimum absolute atomic E-state index is 1.06. The molecule has 0 unspecified atom stereocenters. The van der Waals surface area contributed by atoms with E-state index >= 15 is 0 Å². The van der Waals surface area contributed by atoms with Crippen LogP contribution in [0, 0.1) is 12.1 Å². The van der Waals surface area contributed by atoms with Crippen LogP contribution in [0.4, 0.5) is 0 Å². The number of aryl methyl sites for hydroxylation is 1. The van der Waals surface area contributed by atoms with Gasteiger partial charge in [0.25, 0.3) is 0 Å². The van der Waals surface area contributed by atoms with Gasteiger partial charge < -0.3 is 0 Å². The zero-order chi connectivity index (χ0) is 8.39. The maximum absolute atomic E-state index is 3.15. The fourth-order valence-electron chi connectivity index (χ4n) is 1.45. The molecule has 0 aliphatic rings. The molecule has 0 fully saturated rings. The Hall–Kier alpha value is -1.48. The molecule has 0 heteroatoms.